The fraction of sp³-hybridized carbons (Fsp3) is 0.368. The number of guanidine groups is 1. The first-order valence-electron chi connectivity index (χ1n) is 8.70. The first-order valence-corrected chi connectivity index (χ1v) is 8.70. The van der Waals surface area contributed by atoms with E-state index in [0.29, 0.717) is 25.4 Å². The number of benzene rings is 1. The van der Waals surface area contributed by atoms with E-state index in [1.165, 1.54) is 7.11 Å². The van der Waals surface area contributed by atoms with Gasteiger partial charge in [0.05, 0.1) is 13.4 Å². The molecule has 0 unspecified atom stereocenters. The van der Waals surface area contributed by atoms with Gasteiger partial charge in [0.25, 0.3) is 0 Å². The maximum Gasteiger partial charge on any atom is 0.411 e. The molecule has 0 radical (unpaired) electrons. The molecule has 0 atom stereocenters. The second-order valence-electron chi connectivity index (χ2n) is 5.65. The van der Waals surface area contributed by atoms with Gasteiger partial charge >= 0.3 is 6.09 Å². The zero-order valence-corrected chi connectivity index (χ0v) is 15.7. The predicted molar refractivity (Wildman–Crippen MR) is 104 cm³/mol. The van der Waals surface area contributed by atoms with Gasteiger partial charge in [-0.1, -0.05) is 12.1 Å². The topological polar surface area (TPSA) is 97.1 Å². The van der Waals surface area contributed by atoms with Crippen LogP contribution in [0.1, 0.15) is 17.7 Å². The van der Waals surface area contributed by atoms with Crippen LogP contribution in [-0.2, 0) is 22.6 Å². The zero-order chi connectivity index (χ0) is 19.3. The van der Waals surface area contributed by atoms with Crippen molar-refractivity contribution in [2.24, 2.45) is 4.99 Å². The molecule has 0 aliphatic rings. The summed E-state index contributed by atoms with van der Waals surface area (Å²) in [4.78, 5) is 15.4. The van der Waals surface area contributed by atoms with E-state index in [1.54, 1.807) is 13.3 Å². The minimum Gasteiger partial charge on any atom is -0.467 e. The van der Waals surface area contributed by atoms with Gasteiger partial charge in [-0.3, -0.25) is 10.3 Å². The molecule has 0 aliphatic heterocycles. The lowest BCUT2D eigenvalue weighted by Gasteiger charge is -2.12. The summed E-state index contributed by atoms with van der Waals surface area (Å²) in [6.45, 7) is 2.49. The number of methoxy groups -OCH3 is 1. The average molecular weight is 374 g/mol. The van der Waals surface area contributed by atoms with Crippen molar-refractivity contribution in [3.8, 4) is 0 Å². The highest BCUT2D eigenvalue weighted by molar-refractivity contribution is 5.84. The Morgan fingerprint density at radius 3 is 2.67 bits per heavy atom. The SMILES string of the molecule is CN=C(NCCCOCc1ccco1)NCc1ccc(NC(=O)OC)cc1. The summed E-state index contributed by atoms with van der Waals surface area (Å²) in [5, 5.41) is 9.09. The molecule has 1 aromatic heterocycles. The molecule has 1 amide bonds. The van der Waals surface area contributed by atoms with E-state index < -0.39 is 6.09 Å². The molecule has 0 spiro atoms. The molecule has 8 nitrogen and oxygen atoms in total. The third kappa shape index (κ3) is 7.83. The van der Waals surface area contributed by atoms with E-state index in [1.807, 2.05) is 36.4 Å². The summed E-state index contributed by atoms with van der Waals surface area (Å²) in [7, 11) is 3.06. The van der Waals surface area contributed by atoms with E-state index in [-0.39, 0.29) is 0 Å². The number of ether oxygens (including phenoxy) is 2. The van der Waals surface area contributed by atoms with Crippen molar-refractivity contribution >= 4 is 17.7 Å². The Morgan fingerprint density at radius 1 is 1.19 bits per heavy atom. The maximum absolute atomic E-state index is 11.2. The third-order valence-corrected chi connectivity index (χ3v) is 3.65. The number of amides is 1. The second-order valence-corrected chi connectivity index (χ2v) is 5.65. The van der Waals surface area contributed by atoms with Crippen LogP contribution in [0.4, 0.5) is 10.5 Å². The van der Waals surface area contributed by atoms with Crippen molar-refractivity contribution in [2.75, 3.05) is 32.6 Å². The number of hydrogen-bond donors (Lipinski definition) is 3. The fourth-order valence-electron chi connectivity index (χ4n) is 2.23. The molecule has 8 heteroatoms. The molecule has 3 N–H and O–H groups in total. The summed E-state index contributed by atoms with van der Waals surface area (Å²) < 4.78 is 15.3. The van der Waals surface area contributed by atoms with Crippen molar-refractivity contribution in [3.05, 3.63) is 54.0 Å². The van der Waals surface area contributed by atoms with Gasteiger partial charge in [0.2, 0.25) is 0 Å². The first-order chi connectivity index (χ1) is 13.2. The van der Waals surface area contributed by atoms with Gasteiger partial charge in [0.1, 0.15) is 12.4 Å². The molecule has 0 saturated carbocycles. The van der Waals surface area contributed by atoms with E-state index >= 15 is 0 Å². The Bertz CT molecular complexity index is 699. The van der Waals surface area contributed by atoms with Crippen LogP contribution in [0.15, 0.2) is 52.1 Å². The van der Waals surface area contributed by atoms with Gasteiger partial charge in [-0.2, -0.15) is 0 Å². The lowest BCUT2D eigenvalue weighted by Crippen LogP contribution is -2.37. The average Bonchev–Trinajstić information content (AvgIpc) is 3.21. The van der Waals surface area contributed by atoms with E-state index in [4.69, 9.17) is 9.15 Å². The van der Waals surface area contributed by atoms with Gasteiger partial charge in [-0.05, 0) is 36.2 Å². The lowest BCUT2D eigenvalue weighted by atomic mass is 10.2. The van der Waals surface area contributed by atoms with E-state index in [2.05, 4.69) is 25.7 Å². The molecule has 2 rings (SSSR count). The van der Waals surface area contributed by atoms with Crippen LogP contribution >= 0.6 is 0 Å². The first kappa shape index (κ1) is 20.3. The van der Waals surface area contributed by atoms with Crippen molar-refractivity contribution in [2.45, 2.75) is 19.6 Å². The smallest absolute Gasteiger partial charge is 0.411 e. The van der Waals surface area contributed by atoms with Crippen LogP contribution in [0.3, 0.4) is 0 Å². The van der Waals surface area contributed by atoms with E-state index in [0.717, 1.165) is 30.2 Å². The van der Waals surface area contributed by atoms with Crippen LogP contribution in [0.25, 0.3) is 0 Å². The number of carbonyl (C=O) groups excluding carboxylic acids is 1. The minimum absolute atomic E-state index is 0.487. The number of furan rings is 1. The molecular weight excluding hydrogens is 348 g/mol. The standard InChI is InChI=1S/C19H26N4O4/c1-20-18(21-10-4-11-26-14-17-5-3-12-27-17)22-13-15-6-8-16(9-7-15)23-19(24)25-2/h3,5-9,12H,4,10-11,13-14H2,1-2H3,(H,23,24)(H2,20,21,22). The predicted octanol–water partition coefficient (Wildman–Crippen LogP) is 2.73. The van der Waals surface area contributed by atoms with Crippen LogP contribution in [0, 0.1) is 0 Å². The molecular formula is C19H26N4O4. The summed E-state index contributed by atoms with van der Waals surface area (Å²) in [5.74, 6) is 1.55. The van der Waals surface area contributed by atoms with Crippen molar-refractivity contribution in [1.82, 2.24) is 10.6 Å². The molecule has 0 aliphatic carbocycles. The highest BCUT2D eigenvalue weighted by Crippen LogP contribution is 2.09. The van der Waals surface area contributed by atoms with Crippen LogP contribution in [0.5, 0.6) is 0 Å². The third-order valence-electron chi connectivity index (χ3n) is 3.65. The van der Waals surface area contributed by atoms with Crippen molar-refractivity contribution < 1.29 is 18.7 Å². The highest BCUT2D eigenvalue weighted by Gasteiger charge is 2.02. The van der Waals surface area contributed by atoms with Crippen molar-refractivity contribution in [3.63, 3.8) is 0 Å². The molecule has 0 fully saturated rings. The normalized spacial score (nSPS) is 11.1. The van der Waals surface area contributed by atoms with Gasteiger partial charge in [0.15, 0.2) is 5.96 Å². The van der Waals surface area contributed by atoms with Crippen molar-refractivity contribution in [1.29, 1.82) is 0 Å². The van der Waals surface area contributed by atoms with Gasteiger partial charge < -0.3 is 24.5 Å². The van der Waals surface area contributed by atoms with Gasteiger partial charge in [-0.25, -0.2) is 4.79 Å². The summed E-state index contributed by atoms with van der Waals surface area (Å²) in [6, 6.07) is 11.2. The number of hydrogen-bond acceptors (Lipinski definition) is 5. The number of aliphatic imine (C=N–C) groups is 1. The summed E-state index contributed by atoms with van der Waals surface area (Å²) in [6.07, 6.45) is 2.01. The van der Waals surface area contributed by atoms with Crippen LogP contribution in [0.2, 0.25) is 0 Å². The number of rotatable bonds is 9. The molecule has 0 saturated heterocycles. The molecule has 1 aromatic carbocycles. The molecule has 146 valence electrons. The Morgan fingerprint density at radius 2 is 2.00 bits per heavy atom. The molecule has 27 heavy (non-hydrogen) atoms. The molecule has 2 aromatic rings. The summed E-state index contributed by atoms with van der Waals surface area (Å²) >= 11 is 0. The Kier molecular flexibility index (Phi) is 8.72. The Labute approximate surface area is 159 Å². The number of nitrogens with zero attached hydrogens (tertiary/aromatic N) is 1. The quantitative estimate of drug-likeness (QED) is 0.355. The molecule has 0 bridgehead atoms. The van der Waals surface area contributed by atoms with Gasteiger partial charge in [-0.15, -0.1) is 0 Å². The monoisotopic (exact) mass is 374 g/mol. The Balaban J connectivity index is 1.61. The maximum atomic E-state index is 11.2. The lowest BCUT2D eigenvalue weighted by molar-refractivity contribution is 0.105. The fourth-order valence-corrected chi connectivity index (χ4v) is 2.23. The van der Waals surface area contributed by atoms with Crippen LogP contribution in [-0.4, -0.2) is 39.4 Å². The Hall–Kier alpha value is -3.00. The largest absolute Gasteiger partial charge is 0.467 e. The minimum atomic E-state index is -0.487. The van der Waals surface area contributed by atoms with Gasteiger partial charge in [0, 0.05) is 32.4 Å². The molecule has 1 heterocycles. The zero-order valence-electron chi connectivity index (χ0n) is 15.7. The number of nitrogens with one attached hydrogen (secondary N) is 3. The highest BCUT2D eigenvalue weighted by atomic mass is 16.5. The van der Waals surface area contributed by atoms with Crippen LogP contribution < -0.4 is 16.0 Å². The number of anilines is 1. The summed E-state index contributed by atoms with van der Waals surface area (Å²) in [5.41, 5.74) is 1.75. The number of carbonyl (C=O) groups is 1. The van der Waals surface area contributed by atoms with E-state index in [9.17, 15) is 4.79 Å². The second kappa shape index (κ2) is 11.6.